The average Bonchev–Trinajstić information content (AvgIpc) is 2.30. The van der Waals surface area contributed by atoms with E-state index in [4.69, 9.17) is 0 Å². The smallest absolute Gasteiger partial charge is 0.229 e. The molecule has 1 fully saturated rings. The number of likely N-dealkylation sites (tertiary alicyclic amines) is 1. The van der Waals surface area contributed by atoms with Gasteiger partial charge < -0.3 is 0 Å². The summed E-state index contributed by atoms with van der Waals surface area (Å²) in [6, 6.07) is -0.0694. The molecule has 1 aliphatic rings. The van der Waals surface area contributed by atoms with Crippen molar-refractivity contribution in [1.82, 2.24) is 4.90 Å². The lowest BCUT2D eigenvalue weighted by Crippen LogP contribution is -2.35. The van der Waals surface area contributed by atoms with Gasteiger partial charge in [-0.2, -0.15) is 0 Å². The molecule has 0 radical (unpaired) electrons. The molecule has 3 heteroatoms. The molecule has 1 atom stereocenters. The molecular weight excluding hydrogens is 142 g/mol. The van der Waals surface area contributed by atoms with Crippen LogP contribution in [-0.4, -0.2) is 22.8 Å². The maximum atomic E-state index is 11.0. The van der Waals surface area contributed by atoms with E-state index in [1.165, 1.54) is 11.8 Å². The van der Waals surface area contributed by atoms with E-state index in [-0.39, 0.29) is 17.9 Å². The van der Waals surface area contributed by atoms with Gasteiger partial charge in [0.25, 0.3) is 0 Å². The van der Waals surface area contributed by atoms with Crippen molar-refractivity contribution in [3.63, 3.8) is 0 Å². The number of hydrogen-bond acceptors (Lipinski definition) is 2. The first-order chi connectivity index (χ1) is 5.16. The molecule has 1 saturated heterocycles. The molecule has 0 aromatic carbocycles. The van der Waals surface area contributed by atoms with Gasteiger partial charge >= 0.3 is 0 Å². The first-order valence-electron chi connectivity index (χ1n) is 3.62. The average molecular weight is 153 g/mol. The van der Waals surface area contributed by atoms with E-state index in [0.717, 1.165) is 6.42 Å². The first kappa shape index (κ1) is 7.98. The topological polar surface area (TPSA) is 37.4 Å². The summed E-state index contributed by atoms with van der Waals surface area (Å²) < 4.78 is 0. The van der Waals surface area contributed by atoms with Gasteiger partial charge in [-0.05, 0) is 6.42 Å². The van der Waals surface area contributed by atoms with E-state index < -0.39 is 0 Å². The van der Waals surface area contributed by atoms with Crippen LogP contribution >= 0.6 is 0 Å². The summed E-state index contributed by atoms with van der Waals surface area (Å²) in [5.41, 5.74) is 0. The van der Waals surface area contributed by atoms with Gasteiger partial charge in [0.05, 0.1) is 6.04 Å². The number of carbonyl (C=O) groups is 2. The molecule has 0 bridgehead atoms. The molecule has 0 saturated carbocycles. The number of amides is 2. The molecule has 0 aromatic rings. The Kier molecular flexibility index (Phi) is 2.08. The van der Waals surface area contributed by atoms with Crippen molar-refractivity contribution in [3.05, 3.63) is 12.7 Å². The van der Waals surface area contributed by atoms with Crippen LogP contribution in [0.25, 0.3) is 0 Å². The van der Waals surface area contributed by atoms with Crippen molar-refractivity contribution in [2.24, 2.45) is 0 Å². The van der Waals surface area contributed by atoms with Gasteiger partial charge in [-0.3, -0.25) is 14.5 Å². The maximum absolute atomic E-state index is 11.0. The molecule has 3 nitrogen and oxygen atoms in total. The van der Waals surface area contributed by atoms with E-state index in [1.807, 2.05) is 0 Å². The van der Waals surface area contributed by atoms with E-state index in [9.17, 15) is 9.59 Å². The van der Waals surface area contributed by atoms with Crippen LogP contribution < -0.4 is 0 Å². The Morgan fingerprint density at radius 2 is 2.45 bits per heavy atom. The predicted molar refractivity (Wildman–Crippen MR) is 40.7 cm³/mol. The molecular formula is C8H11NO2. The molecule has 0 N–H and O–H groups in total. The Morgan fingerprint density at radius 3 is 2.82 bits per heavy atom. The van der Waals surface area contributed by atoms with Crippen molar-refractivity contribution in [2.75, 3.05) is 0 Å². The zero-order valence-electron chi connectivity index (χ0n) is 6.54. The summed E-state index contributed by atoms with van der Waals surface area (Å²) in [6.07, 6.45) is 2.84. The van der Waals surface area contributed by atoms with Gasteiger partial charge in [-0.1, -0.05) is 6.08 Å². The molecule has 0 unspecified atom stereocenters. The van der Waals surface area contributed by atoms with Crippen LogP contribution in [0.15, 0.2) is 12.7 Å². The predicted octanol–water partition coefficient (Wildman–Crippen LogP) is 0.710. The minimum atomic E-state index is -0.183. The van der Waals surface area contributed by atoms with Gasteiger partial charge in [0.15, 0.2) is 0 Å². The highest BCUT2D eigenvalue weighted by Crippen LogP contribution is 2.18. The molecule has 1 heterocycles. The van der Waals surface area contributed by atoms with E-state index in [2.05, 4.69) is 6.58 Å². The van der Waals surface area contributed by atoms with Crippen LogP contribution in [0, 0.1) is 0 Å². The third-order valence-corrected chi connectivity index (χ3v) is 1.87. The zero-order valence-corrected chi connectivity index (χ0v) is 6.54. The van der Waals surface area contributed by atoms with Gasteiger partial charge in [-0.25, -0.2) is 0 Å². The lowest BCUT2D eigenvalue weighted by Gasteiger charge is -2.17. The second kappa shape index (κ2) is 2.86. The minimum Gasteiger partial charge on any atom is -0.276 e. The fourth-order valence-corrected chi connectivity index (χ4v) is 1.34. The second-order valence-corrected chi connectivity index (χ2v) is 2.62. The highest BCUT2D eigenvalue weighted by Gasteiger charge is 2.31. The Bertz CT molecular complexity index is 210. The molecule has 0 aliphatic carbocycles. The van der Waals surface area contributed by atoms with Crippen LogP contribution in [0.3, 0.4) is 0 Å². The fourth-order valence-electron chi connectivity index (χ4n) is 1.34. The summed E-state index contributed by atoms with van der Waals surface area (Å²) in [6.45, 7) is 4.97. The third kappa shape index (κ3) is 1.31. The van der Waals surface area contributed by atoms with Crippen molar-refractivity contribution in [3.8, 4) is 0 Å². The molecule has 1 aliphatic heterocycles. The van der Waals surface area contributed by atoms with Crippen molar-refractivity contribution < 1.29 is 9.59 Å². The SMILES string of the molecule is C=C[C@@H]1CCC(=O)N1C(C)=O. The van der Waals surface area contributed by atoms with Crippen LogP contribution in [0.5, 0.6) is 0 Å². The highest BCUT2D eigenvalue weighted by atomic mass is 16.2. The third-order valence-electron chi connectivity index (χ3n) is 1.87. The Morgan fingerprint density at radius 1 is 1.82 bits per heavy atom. The Labute approximate surface area is 65.7 Å². The quantitative estimate of drug-likeness (QED) is 0.520. The summed E-state index contributed by atoms with van der Waals surface area (Å²) >= 11 is 0. The molecule has 2 amide bonds. The summed E-state index contributed by atoms with van der Waals surface area (Å²) in [5.74, 6) is -0.264. The van der Waals surface area contributed by atoms with E-state index >= 15 is 0 Å². The van der Waals surface area contributed by atoms with Crippen molar-refractivity contribution in [2.45, 2.75) is 25.8 Å². The summed E-state index contributed by atoms with van der Waals surface area (Å²) in [5, 5.41) is 0. The first-order valence-corrected chi connectivity index (χ1v) is 3.62. The lowest BCUT2D eigenvalue weighted by molar-refractivity contribution is -0.141. The zero-order chi connectivity index (χ0) is 8.43. The van der Waals surface area contributed by atoms with Gasteiger partial charge in [0.2, 0.25) is 11.8 Å². The molecule has 60 valence electrons. The lowest BCUT2D eigenvalue weighted by atomic mass is 10.2. The van der Waals surface area contributed by atoms with Crippen molar-refractivity contribution in [1.29, 1.82) is 0 Å². The highest BCUT2D eigenvalue weighted by molar-refractivity contribution is 5.96. The van der Waals surface area contributed by atoms with E-state index in [0.29, 0.717) is 6.42 Å². The fraction of sp³-hybridized carbons (Fsp3) is 0.500. The van der Waals surface area contributed by atoms with Crippen LogP contribution in [-0.2, 0) is 9.59 Å². The number of rotatable bonds is 1. The van der Waals surface area contributed by atoms with Crippen LogP contribution in [0.4, 0.5) is 0 Å². The van der Waals surface area contributed by atoms with E-state index in [1.54, 1.807) is 6.08 Å². The molecule has 11 heavy (non-hydrogen) atoms. The molecule has 0 aromatic heterocycles. The minimum absolute atomic E-state index is 0.0694. The Balaban J connectivity index is 2.79. The second-order valence-electron chi connectivity index (χ2n) is 2.62. The Hall–Kier alpha value is -1.12. The largest absolute Gasteiger partial charge is 0.276 e. The number of nitrogens with zero attached hydrogens (tertiary/aromatic N) is 1. The summed E-state index contributed by atoms with van der Waals surface area (Å²) in [4.78, 5) is 23.2. The normalized spacial score (nSPS) is 23.9. The van der Waals surface area contributed by atoms with Crippen LogP contribution in [0.1, 0.15) is 19.8 Å². The maximum Gasteiger partial charge on any atom is 0.229 e. The monoisotopic (exact) mass is 153 g/mol. The number of imide groups is 1. The number of carbonyl (C=O) groups excluding carboxylic acids is 2. The van der Waals surface area contributed by atoms with Gasteiger partial charge in [0.1, 0.15) is 0 Å². The number of hydrogen-bond donors (Lipinski definition) is 0. The van der Waals surface area contributed by atoms with Crippen molar-refractivity contribution >= 4 is 11.8 Å². The standard InChI is InChI=1S/C8H11NO2/c1-3-7-4-5-8(11)9(7)6(2)10/h3,7H,1,4-5H2,2H3/t7-/m1/s1. The van der Waals surface area contributed by atoms with Gasteiger partial charge in [0, 0.05) is 13.3 Å². The summed E-state index contributed by atoms with van der Waals surface area (Å²) in [7, 11) is 0. The van der Waals surface area contributed by atoms with Crippen LogP contribution in [0.2, 0.25) is 0 Å². The van der Waals surface area contributed by atoms with Gasteiger partial charge in [-0.15, -0.1) is 6.58 Å². The molecule has 1 rings (SSSR count). The molecule has 0 spiro atoms.